The SMILES string of the molecule is CN(CC1CCCOC1)C(=O)C1(C(N)=S)CCC1. The number of nitrogens with zero attached hydrogens (tertiary/aromatic N) is 1. The van der Waals surface area contributed by atoms with E-state index in [1.54, 1.807) is 4.90 Å². The molecule has 1 aliphatic heterocycles. The summed E-state index contributed by atoms with van der Waals surface area (Å²) in [6, 6.07) is 0. The van der Waals surface area contributed by atoms with Crippen LogP contribution in [0.1, 0.15) is 32.1 Å². The van der Waals surface area contributed by atoms with E-state index in [4.69, 9.17) is 22.7 Å². The molecule has 1 heterocycles. The van der Waals surface area contributed by atoms with Crippen LogP contribution in [0, 0.1) is 11.3 Å². The first-order chi connectivity index (χ1) is 8.56. The molecule has 0 aromatic heterocycles. The number of amides is 1. The van der Waals surface area contributed by atoms with Crippen molar-refractivity contribution in [1.29, 1.82) is 0 Å². The van der Waals surface area contributed by atoms with Crippen LogP contribution in [0.3, 0.4) is 0 Å². The van der Waals surface area contributed by atoms with E-state index in [1.807, 2.05) is 7.05 Å². The van der Waals surface area contributed by atoms with E-state index < -0.39 is 5.41 Å². The van der Waals surface area contributed by atoms with Gasteiger partial charge in [-0.2, -0.15) is 0 Å². The van der Waals surface area contributed by atoms with Crippen LogP contribution in [0.4, 0.5) is 0 Å². The van der Waals surface area contributed by atoms with Crippen LogP contribution < -0.4 is 5.73 Å². The lowest BCUT2D eigenvalue weighted by Gasteiger charge is -2.42. The Hall–Kier alpha value is -0.680. The van der Waals surface area contributed by atoms with E-state index in [2.05, 4.69) is 0 Å². The predicted octanol–water partition coefficient (Wildman–Crippen LogP) is 1.33. The molecule has 1 atom stereocenters. The molecule has 18 heavy (non-hydrogen) atoms. The molecule has 0 spiro atoms. The maximum atomic E-state index is 12.5. The summed E-state index contributed by atoms with van der Waals surface area (Å²) in [6.45, 7) is 2.37. The smallest absolute Gasteiger partial charge is 0.235 e. The number of thiocarbonyl (C=S) groups is 1. The number of hydrogen-bond acceptors (Lipinski definition) is 3. The zero-order valence-corrected chi connectivity index (χ0v) is 11.8. The Bertz CT molecular complexity index is 336. The van der Waals surface area contributed by atoms with Crippen molar-refractivity contribution in [3.63, 3.8) is 0 Å². The third kappa shape index (κ3) is 2.52. The number of hydrogen-bond donors (Lipinski definition) is 1. The average molecular weight is 270 g/mol. The second-order valence-corrected chi connectivity index (χ2v) is 6.01. The normalized spacial score (nSPS) is 26.2. The summed E-state index contributed by atoms with van der Waals surface area (Å²) in [5.74, 6) is 0.558. The van der Waals surface area contributed by atoms with E-state index in [-0.39, 0.29) is 5.91 Å². The Morgan fingerprint density at radius 2 is 2.22 bits per heavy atom. The lowest BCUT2D eigenvalue weighted by Crippen LogP contribution is -2.54. The molecule has 1 unspecified atom stereocenters. The third-order valence-corrected chi connectivity index (χ3v) is 4.61. The molecule has 0 aromatic rings. The molecular formula is C13H22N2O2S. The van der Waals surface area contributed by atoms with E-state index in [0.29, 0.717) is 10.9 Å². The van der Waals surface area contributed by atoms with Gasteiger partial charge in [0, 0.05) is 20.2 Å². The molecule has 2 rings (SSSR count). The van der Waals surface area contributed by atoms with Crippen molar-refractivity contribution in [2.24, 2.45) is 17.1 Å². The average Bonchev–Trinajstić information content (AvgIpc) is 2.28. The van der Waals surface area contributed by atoms with Crippen LogP contribution in [0.2, 0.25) is 0 Å². The maximum absolute atomic E-state index is 12.5. The van der Waals surface area contributed by atoms with Gasteiger partial charge in [-0.3, -0.25) is 4.79 Å². The number of ether oxygens (including phenoxy) is 1. The summed E-state index contributed by atoms with van der Waals surface area (Å²) in [6.07, 6.45) is 4.90. The van der Waals surface area contributed by atoms with Crippen molar-refractivity contribution in [3.8, 4) is 0 Å². The Morgan fingerprint density at radius 1 is 1.50 bits per heavy atom. The van der Waals surface area contributed by atoms with Gasteiger partial charge in [0.05, 0.1) is 17.0 Å². The number of rotatable bonds is 4. The number of carbonyl (C=O) groups is 1. The van der Waals surface area contributed by atoms with Crippen molar-refractivity contribution in [2.45, 2.75) is 32.1 Å². The van der Waals surface area contributed by atoms with Crippen molar-refractivity contribution in [1.82, 2.24) is 4.90 Å². The Kier molecular flexibility index (Phi) is 4.22. The molecule has 0 aromatic carbocycles. The van der Waals surface area contributed by atoms with Gasteiger partial charge in [-0.15, -0.1) is 0 Å². The Balaban J connectivity index is 1.93. The summed E-state index contributed by atoms with van der Waals surface area (Å²) < 4.78 is 5.45. The van der Waals surface area contributed by atoms with E-state index in [9.17, 15) is 4.79 Å². The largest absolute Gasteiger partial charge is 0.392 e. The van der Waals surface area contributed by atoms with Crippen LogP contribution in [0.5, 0.6) is 0 Å². The van der Waals surface area contributed by atoms with Gasteiger partial charge in [-0.1, -0.05) is 18.6 Å². The highest BCUT2D eigenvalue weighted by Gasteiger charge is 2.48. The Morgan fingerprint density at radius 3 is 2.67 bits per heavy atom. The second kappa shape index (κ2) is 5.53. The van der Waals surface area contributed by atoms with Crippen LogP contribution in [-0.2, 0) is 9.53 Å². The second-order valence-electron chi connectivity index (χ2n) is 5.57. The summed E-state index contributed by atoms with van der Waals surface area (Å²) in [7, 11) is 1.86. The minimum atomic E-state index is -0.542. The minimum absolute atomic E-state index is 0.104. The van der Waals surface area contributed by atoms with Crippen LogP contribution in [0.25, 0.3) is 0 Å². The highest BCUT2D eigenvalue weighted by atomic mass is 32.1. The minimum Gasteiger partial charge on any atom is -0.392 e. The van der Waals surface area contributed by atoms with Crippen molar-refractivity contribution in [3.05, 3.63) is 0 Å². The molecule has 0 radical (unpaired) electrons. The first-order valence-electron chi connectivity index (χ1n) is 6.69. The van der Waals surface area contributed by atoms with Crippen LogP contribution in [0.15, 0.2) is 0 Å². The van der Waals surface area contributed by atoms with Crippen LogP contribution >= 0.6 is 12.2 Å². The summed E-state index contributed by atoms with van der Waals surface area (Å²) >= 11 is 5.09. The molecule has 1 saturated heterocycles. The molecule has 2 fully saturated rings. The summed E-state index contributed by atoms with van der Waals surface area (Å²) in [5.41, 5.74) is 5.22. The standard InChI is InChI=1S/C13H22N2O2S/c1-15(8-10-4-2-7-17-9-10)12(16)13(11(14)18)5-3-6-13/h10H,2-9H2,1H3,(H2,14,18). The van der Waals surface area contributed by atoms with E-state index in [0.717, 1.165) is 51.9 Å². The van der Waals surface area contributed by atoms with Crippen molar-refractivity contribution < 1.29 is 9.53 Å². The molecule has 1 amide bonds. The molecule has 5 heteroatoms. The predicted molar refractivity (Wildman–Crippen MR) is 74.2 cm³/mol. The molecule has 0 bridgehead atoms. The zero-order chi connectivity index (χ0) is 13.2. The Labute approximate surface area is 114 Å². The molecular weight excluding hydrogens is 248 g/mol. The molecule has 2 aliphatic rings. The molecule has 1 saturated carbocycles. The highest BCUT2D eigenvalue weighted by Crippen LogP contribution is 2.42. The number of carbonyl (C=O) groups excluding carboxylic acids is 1. The molecule has 2 N–H and O–H groups in total. The fraction of sp³-hybridized carbons (Fsp3) is 0.846. The topological polar surface area (TPSA) is 55.6 Å². The van der Waals surface area contributed by atoms with Crippen molar-refractivity contribution in [2.75, 3.05) is 26.8 Å². The van der Waals surface area contributed by atoms with Gasteiger partial charge in [0.1, 0.15) is 0 Å². The van der Waals surface area contributed by atoms with Gasteiger partial charge < -0.3 is 15.4 Å². The fourth-order valence-corrected chi connectivity index (χ4v) is 3.17. The lowest BCUT2D eigenvalue weighted by molar-refractivity contribution is -0.141. The van der Waals surface area contributed by atoms with E-state index in [1.165, 1.54) is 0 Å². The monoisotopic (exact) mass is 270 g/mol. The molecule has 102 valence electrons. The molecule has 4 nitrogen and oxygen atoms in total. The number of nitrogens with two attached hydrogens (primary N) is 1. The van der Waals surface area contributed by atoms with Gasteiger partial charge in [-0.25, -0.2) is 0 Å². The third-order valence-electron chi connectivity index (χ3n) is 4.22. The van der Waals surface area contributed by atoms with E-state index >= 15 is 0 Å². The summed E-state index contributed by atoms with van der Waals surface area (Å²) in [4.78, 5) is 14.6. The maximum Gasteiger partial charge on any atom is 0.235 e. The first-order valence-corrected chi connectivity index (χ1v) is 7.10. The quantitative estimate of drug-likeness (QED) is 0.783. The highest BCUT2D eigenvalue weighted by molar-refractivity contribution is 7.80. The summed E-state index contributed by atoms with van der Waals surface area (Å²) in [5, 5.41) is 0. The zero-order valence-electron chi connectivity index (χ0n) is 11.0. The molecule has 1 aliphatic carbocycles. The van der Waals surface area contributed by atoms with Crippen LogP contribution in [-0.4, -0.2) is 42.6 Å². The van der Waals surface area contributed by atoms with Gasteiger partial charge in [0.15, 0.2) is 0 Å². The first kappa shape index (κ1) is 13.7. The fourth-order valence-electron chi connectivity index (χ4n) is 2.88. The van der Waals surface area contributed by atoms with Gasteiger partial charge in [-0.05, 0) is 31.6 Å². The van der Waals surface area contributed by atoms with Gasteiger partial charge in [0.25, 0.3) is 0 Å². The van der Waals surface area contributed by atoms with Gasteiger partial charge >= 0.3 is 0 Å². The van der Waals surface area contributed by atoms with Crippen molar-refractivity contribution >= 4 is 23.1 Å². The van der Waals surface area contributed by atoms with Gasteiger partial charge in [0.2, 0.25) is 5.91 Å². The lowest BCUT2D eigenvalue weighted by atomic mass is 9.67.